The van der Waals surface area contributed by atoms with E-state index in [9.17, 15) is 0 Å². The topological polar surface area (TPSA) is 61.7 Å². The van der Waals surface area contributed by atoms with Crippen LogP contribution in [0.25, 0.3) is 0 Å². The predicted molar refractivity (Wildman–Crippen MR) is 67.7 cm³/mol. The van der Waals surface area contributed by atoms with E-state index < -0.39 is 0 Å². The standard InChI is InChI=1S/C12H19N5/c1-4-11-9(2)14-17(10(11)3)8-7-16-6-5-12(13)15-16/h5-6H,4,7-8H2,1-3H3,(H2,13,15). The SMILES string of the molecule is CCc1c(C)nn(CCn2ccc(N)n2)c1C. The lowest BCUT2D eigenvalue weighted by atomic mass is 10.1. The molecule has 0 aliphatic carbocycles. The molecule has 17 heavy (non-hydrogen) atoms. The number of aromatic nitrogens is 4. The molecule has 0 aliphatic rings. The molecule has 0 fully saturated rings. The largest absolute Gasteiger partial charge is 0.382 e. The normalized spacial score (nSPS) is 11.0. The number of anilines is 1. The summed E-state index contributed by atoms with van der Waals surface area (Å²) in [5.74, 6) is 0.563. The van der Waals surface area contributed by atoms with Crippen LogP contribution in [0.5, 0.6) is 0 Å². The average molecular weight is 233 g/mol. The highest BCUT2D eigenvalue weighted by atomic mass is 15.3. The quantitative estimate of drug-likeness (QED) is 0.871. The Bertz CT molecular complexity index is 509. The predicted octanol–water partition coefficient (Wildman–Crippen LogP) is 1.54. The minimum absolute atomic E-state index is 0.563. The molecule has 5 heteroatoms. The van der Waals surface area contributed by atoms with Crippen molar-refractivity contribution in [2.24, 2.45) is 0 Å². The van der Waals surface area contributed by atoms with Gasteiger partial charge in [0, 0.05) is 11.9 Å². The van der Waals surface area contributed by atoms with Crippen molar-refractivity contribution in [1.29, 1.82) is 0 Å². The van der Waals surface area contributed by atoms with Crippen LogP contribution >= 0.6 is 0 Å². The Kier molecular flexibility index (Phi) is 3.17. The average Bonchev–Trinajstić information content (AvgIpc) is 2.81. The third-order valence-electron chi connectivity index (χ3n) is 3.09. The molecule has 2 aromatic heterocycles. The van der Waals surface area contributed by atoms with Gasteiger partial charge >= 0.3 is 0 Å². The second kappa shape index (κ2) is 4.61. The van der Waals surface area contributed by atoms with Crippen molar-refractivity contribution in [3.05, 3.63) is 29.2 Å². The molecule has 2 heterocycles. The summed E-state index contributed by atoms with van der Waals surface area (Å²) in [6.45, 7) is 7.97. The highest BCUT2D eigenvalue weighted by molar-refractivity contribution is 5.24. The van der Waals surface area contributed by atoms with E-state index in [-0.39, 0.29) is 0 Å². The molecule has 0 saturated carbocycles. The number of nitrogens with two attached hydrogens (primary N) is 1. The molecule has 0 aliphatic heterocycles. The van der Waals surface area contributed by atoms with Gasteiger partial charge in [0.1, 0.15) is 5.82 Å². The Hall–Kier alpha value is -1.78. The zero-order valence-corrected chi connectivity index (χ0v) is 10.6. The summed E-state index contributed by atoms with van der Waals surface area (Å²) < 4.78 is 3.89. The van der Waals surface area contributed by atoms with Gasteiger partial charge in [0.25, 0.3) is 0 Å². The van der Waals surface area contributed by atoms with Gasteiger partial charge in [0.2, 0.25) is 0 Å². The van der Waals surface area contributed by atoms with Crippen LogP contribution < -0.4 is 5.73 Å². The fourth-order valence-corrected chi connectivity index (χ4v) is 2.16. The number of hydrogen-bond acceptors (Lipinski definition) is 3. The fraction of sp³-hybridized carbons (Fsp3) is 0.500. The van der Waals surface area contributed by atoms with Crippen molar-refractivity contribution in [2.75, 3.05) is 5.73 Å². The number of nitrogens with zero attached hydrogens (tertiary/aromatic N) is 4. The monoisotopic (exact) mass is 233 g/mol. The van der Waals surface area contributed by atoms with Gasteiger partial charge < -0.3 is 5.73 Å². The van der Waals surface area contributed by atoms with E-state index in [1.54, 1.807) is 6.07 Å². The molecule has 0 aromatic carbocycles. The highest BCUT2D eigenvalue weighted by Crippen LogP contribution is 2.13. The van der Waals surface area contributed by atoms with Gasteiger partial charge in [-0.15, -0.1) is 0 Å². The van der Waals surface area contributed by atoms with Crippen LogP contribution in [-0.2, 0) is 19.5 Å². The molecule has 0 atom stereocenters. The van der Waals surface area contributed by atoms with E-state index in [0.717, 1.165) is 25.2 Å². The number of rotatable bonds is 4. The van der Waals surface area contributed by atoms with Gasteiger partial charge in [0.15, 0.2) is 0 Å². The van der Waals surface area contributed by atoms with Crippen LogP contribution in [0.2, 0.25) is 0 Å². The first-order chi connectivity index (χ1) is 8.11. The smallest absolute Gasteiger partial charge is 0.145 e. The van der Waals surface area contributed by atoms with Gasteiger partial charge in [-0.2, -0.15) is 10.2 Å². The molecule has 0 spiro atoms. The summed E-state index contributed by atoms with van der Waals surface area (Å²) in [5.41, 5.74) is 9.31. The Morgan fingerprint density at radius 3 is 2.53 bits per heavy atom. The summed E-state index contributed by atoms with van der Waals surface area (Å²) in [6, 6.07) is 1.80. The van der Waals surface area contributed by atoms with E-state index in [1.807, 2.05) is 15.6 Å². The first-order valence-corrected chi connectivity index (χ1v) is 5.93. The van der Waals surface area contributed by atoms with E-state index in [1.165, 1.54) is 11.3 Å². The third kappa shape index (κ3) is 2.33. The highest BCUT2D eigenvalue weighted by Gasteiger charge is 2.09. The summed E-state index contributed by atoms with van der Waals surface area (Å²) in [4.78, 5) is 0. The molecular weight excluding hydrogens is 214 g/mol. The van der Waals surface area contributed by atoms with Crippen LogP contribution in [0, 0.1) is 13.8 Å². The molecule has 0 saturated heterocycles. The molecule has 0 amide bonds. The van der Waals surface area contributed by atoms with Crippen LogP contribution in [0.3, 0.4) is 0 Å². The molecule has 92 valence electrons. The van der Waals surface area contributed by atoms with E-state index >= 15 is 0 Å². The second-order valence-corrected chi connectivity index (χ2v) is 4.23. The zero-order valence-electron chi connectivity index (χ0n) is 10.6. The number of hydrogen-bond donors (Lipinski definition) is 1. The summed E-state index contributed by atoms with van der Waals surface area (Å²) in [7, 11) is 0. The van der Waals surface area contributed by atoms with Gasteiger partial charge in [-0.3, -0.25) is 9.36 Å². The Balaban J connectivity index is 2.09. The van der Waals surface area contributed by atoms with Gasteiger partial charge in [-0.05, 0) is 31.9 Å². The lowest BCUT2D eigenvalue weighted by Crippen LogP contribution is -2.10. The van der Waals surface area contributed by atoms with E-state index in [2.05, 4.69) is 31.0 Å². The zero-order chi connectivity index (χ0) is 12.4. The van der Waals surface area contributed by atoms with Crippen molar-refractivity contribution in [1.82, 2.24) is 19.6 Å². The maximum atomic E-state index is 5.57. The van der Waals surface area contributed by atoms with Crippen molar-refractivity contribution < 1.29 is 0 Å². The van der Waals surface area contributed by atoms with Gasteiger partial charge in [0.05, 0.1) is 18.8 Å². The van der Waals surface area contributed by atoms with Gasteiger partial charge in [-0.25, -0.2) is 0 Å². The Morgan fingerprint density at radius 1 is 1.24 bits per heavy atom. The minimum Gasteiger partial charge on any atom is -0.382 e. The lowest BCUT2D eigenvalue weighted by molar-refractivity contribution is 0.491. The first kappa shape index (κ1) is 11.7. The number of nitrogen functional groups attached to an aromatic ring is 1. The van der Waals surface area contributed by atoms with Crippen LogP contribution in [0.4, 0.5) is 5.82 Å². The van der Waals surface area contributed by atoms with Crippen molar-refractivity contribution in [3.63, 3.8) is 0 Å². The molecule has 0 unspecified atom stereocenters. The molecular formula is C12H19N5. The van der Waals surface area contributed by atoms with Crippen molar-refractivity contribution >= 4 is 5.82 Å². The number of aryl methyl sites for hydroxylation is 3. The second-order valence-electron chi connectivity index (χ2n) is 4.23. The summed E-state index contributed by atoms with van der Waals surface area (Å²) in [6.07, 6.45) is 2.92. The van der Waals surface area contributed by atoms with Crippen LogP contribution in [-0.4, -0.2) is 19.6 Å². The molecule has 0 radical (unpaired) electrons. The van der Waals surface area contributed by atoms with Crippen LogP contribution in [0.15, 0.2) is 12.3 Å². The summed E-state index contributed by atoms with van der Waals surface area (Å²) >= 11 is 0. The maximum absolute atomic E-state index is 5.57. The lowest BCUT2D eigenvalue weighted by Gasteiger charge is -2.05. The maximum Gasteiger partial charge on any atom is 0.145 e. The van der Waals surface area contributed by atoms with Crippen molar-refractivity contribution in [3.8, 4) is 0 Å². The van der Waals surface area contributed by atoms with Crippen molar-refractivity contribution in [2.45, 2.75) is 40.3 Å². The fourth-order valence-electron chi connectivity index (χ4n) is 2.16. The molecule has 2 rings (SSSR count). The van der Waals surface area contributed by atoms with E-state index in [0.29, 0.717) is 5.82 Å². The van der Waals surface area contributed by atoms with Gasteiger partial charge in [-0.1, -0.05) is 6.92 Å². The first-order valence-electron chi connectivity index (χ1n) is 5.93. The summed E-state index contributed by atoms with van der Waals surface area (Å²) in [5, 5.41) is 8.71. The third-order valence-corrected chi connectivity index (χ3v) is 3.09. The Morgan fingerprint density at radius 2 is 2.00 bits per heavy atom. The van der Waals surface area contributed by atoms with Crippen LogP contribution in [0.1, 0.15) is 23.9 Å². The Labute approximate surface area is 101 Å². The molecule has 5 nitrogen and oxygen atoms in total. The van der Waals surface area contributed by atoms with E-state index in [4.69, 9.17) is 5.73 Å². The molecule has 0 bridgehead atoms. The minimum atomic E-state index is 0.563. The molecule has 2 aromatic rings. The molecule has 2 N–H and O–H groups in total.